The first-order chi connectivity index (χ1) is 9.77. The summed E-state index contributed by atoms with van der Waals surface area (Å²) in [5.74, 6) is -0.248. The summed E-state index contributed by atoms with van der Waals surface area (Å²) >= 11 is 2.25. The zero-order chi connectivity index (χ0) is 15.6. The molecule has 0 bridgehead atoms. The van der Waals surface area contributed by atoms with Crippen LogP contribution in [0.1, 0.15) is 42.5 Å². The first kappa shape index (κ1) is 15.9. The van der Waals surface area contributed by atoms with Gasteiger partial charge in [-0.25, -0.2) is 4.98 Å². The number of carbonyl (C=O) groups is 1. The SMILES string of the molecule is Cc1ccc(NC(=O)c2cnc(C(C)(C)C)cn2)cc1I. The number of aryl methyl sites for hydroxylation is 1. The van der Waals surface area contributed by atoms with Crippen LogP contribution in [-0.2, 0) is 5.41 Å². The predicted octanol–water partition coefficient (Wildman–Crippen LogP) is 3.94. The van der Waals surface area contributed by atoms with Crippen molar-refractivity contribution in [2.75, 3.05) is 5.32 Å². The third kappa shape index (κ3) is 4.00. The molecule has 110 valence electrons. The molecule has 1 heterocycles. The molecule has 0 fully saturated rings. The number of aromatic nitrogens is 2. The van der Waals surface area contributed by atoms with E-state index in [1.54, 1.807) is 6.20 Å². The number of carbonyl (C=O) groups excluding carboxylic acids is 1. The molecule has 0 radical (unpaired) electrons. The van der Waals surface area contributed by atoms with Crippen molar-refractivity contribution in [3.63, 3.8) is 0 Å². The van der Waals surface area contributed by atoms with Crippen LogP contribution in [0.4, 0.5) is 5.69 Å². The van der Waals surface area contributed by atoms with Gasteiger partial charge in [0.25, 0.3) is 5.91 Å². The van der Waals surface area contributed by atoms with Crippen LogP contribution in [0.3, 0.4) is 0 Å². The number of amides is 1. The van der Waals surface area contributed by atoms with E-state index in [9.17, 15) is 4.79 Å². The Bertz CT molecular complexity index is 660. The van der Waals surface area contributed by atoms with Crippen molar-refractivity contribution >= 4 is 34.2 Å². The Hall–Kier alpha value is -1.50. The number of anilines is 1. The Morgan fingerprint density at radius 3 is 2.43 bits per heavy atom. The van der Waals surface area contributed by atoms with Crippen LogP contribution < -0.4 is 5.32 Å². The average molecular weight is 395 g/mol. The van der Waals surface area contributed by atoms with Crippen LogP contribution in [0.15, 0.2) is 30.6 Å². The average Bonchev–Trinajstić information content (AvgIpc) is 2.42. The molecule has 5 heteroatoms. The lowest BCUT2D eigenvalue weighted by molar-refractivity contribution is 0.102. The summed E-state index contributed by atoms with van der Waals surface area (Å²) in [6.45, 7) is 8.21. The monoisotopic (exact) mass is 395 g/mol. The van der Waals surface area contributed by atoms with E-state index in [0.717, 1.165) is 15.0 Å². The predicted molar refractivity (Wildman–Crippen MR) is 92.6 cm³/mol. The third-order valence-electron chi connectivity index (χ3n) is 3.08. The second kappa shape index (κ2) is 6.09. The quantitative estimate of drug-likeness (QED) is 0.784. The van der Waals surface area contributed by atoms with Gasteiger partial charge in [-0.05, 0) is 47.2 Å². The van der Waals surface area contributed by atoms with Crippen molar-refractivity contribution in [3.8, 4) is 0 Å². The fourth-order valence-electron chi connectivity index (χ4n) is 1.70. The highest BCUT2D eigenvalue weighted by atomic mass is 127. The van der Waals surface area contributed by atoms with E-state index < -0.39 is 0 Å². The van der Waals surface area contributed by atoms with E-state index in [-0.39, 0.29) is 11.3 Å². The molecule has 0 aliphatic carbocycles. The molecule has 4 nitrogen and oxygen atoms in total. The molecule has 1 aromatic heterocycles. The number of benzene rings is 1. The van der Waals surface area contributed by atoms with Gasteiger partial charge >= 0.3 is 0 Å². The van der Waals surface area contributed by atoms with E-state index in [0.29, 0.717) is 5.69 Å². The molecular weight excluding hydrogens is 377 g/mol. The second-order valence-corrected chi connectivity index (χ2v) is 7.12. The fourth-order valence-corrected chi connectivity index (χ4v) is 2.21. The topological polar surface area (TPSA) is 54.9 Å². The van der Waals surface area contributed by atoms with Crippen molar-refractivity contribution < 1.29 is 4.79 Å². The van der Waals surface area contributed by atoms with Gasteiger partial charge in [-0.2, -0.15) is 0 Å². The van der Waals surface area contributed by atoms with Gasteiger partial charge in [-0.15, -0.1) is 0 Å². The smallest absolute Gasteiger partial charge is 0.275 e. The van der Waals surface area contributed by atoms with Gasteiger partial charge in [0.05, 0.1) is 11.9 Å². The molecule has 0 unspecified atom stereocenters. The lowest BCUT2D eigenvalue weighted by atomic mass is 9.93. The zero-order valence-corrected chi connectivity index (χ0v) is 14.7. The number of hydrogen-bond donors (Lipinski definition) is 1. The minimum absolute atomic E-state index is 0.0743. The van der Waals surface area contributed by atoms with Crippen LogP contribution in [0.25, 0.3) is 0 Å². The van der Waals surface area contributed by atoms with Gasteiger partial charge in [0.2, 0.25) is 0 Å². The molecule has 0 aliphatic rings. The van der Waals surface area contributed by atoms with Crippen molar-refractivity contribution in [2.45, 2.75) is 33.1 Å². The molecule has 0 atom stereocenters. The molecule has 21 heavy (non-hydrogen) atoms. The number of halogens is 1. The zero-order valence-electron chi connectivity index (χ0n) is 12.6. The van der Waals surface area contributed by atoms with Crippen molar-refractivity contribution in [2.24, 2.45) is 0 Å². The van der Waals surface area contributed by atoms with Crippen LogP contribution in [0.5, 0.6) is 0 Å². The highest BCUT2D eigenvalue weighted by Crippen LogP contribution is 2.19. The maximum atomic E-state index is 12.2. The summed E-state index contributed by atoms with van der Waals surface area (Å²) in [5, 5.41) is 2.84. The molecular formula is C16H18IN3O. The third-order valence-corrected chi connectivity index (χ3v) is 4.24. The maximum absolute atomic E-state index is 12.2. The van der Waals surface area contributed by atoms with E-state index in [2.05, 4.69) is 58.6 Å². The van der Waals surface area contributed by atoms with E-state index in [1.807, 2.05) is 25.1 Å². The van der Waals surface area contributed by atoms with Gasteiger partial charge in [-0.1, -0.05) is 26.8 Å². The maximum Gasteiger partial charge on any atom is 0.275 e. The van der Waals surface area contributed by atoms with E-state index in [4.69, 9.17) is 0 Å². The van der Waals surface area contributed by atoms with Crippen LogP contribution in [-0.4, -0.2) is 15.9 Å². The van der Waals surface area contributed by atoms with E-state index >= 15 is 0 Å². The normalized spacial score (nSPS) is 11.3. The summed E-state index contributed by atoms with van der Waals surface area (Å²) in [7, 11) is 0. The highest BCUT2D eigenvalue weighted by molar-refractivity contribution is 14.1. The van der Waals surface area contributed by atoms with Crippen LogP contribution >= 0.6 is 22.6 Å². The van der Waals surface area contributed by atoms with Gasteiger partial charge in [-0.3, -0.25) is 9.78 Å². The molecule has 1 amide bonds. The number of rotatable bonds is 2. The Balaban J connectivity index is 2.15. The standard InChI is InChI=1S/C16H18IN3O/c1-10-5-6-11(7-12(10)17)20-15(21)13-8-19-14(9-18-13)16(2,3)4/h5-9H,1-4H3,(H,20,21). The number of nitrogens with one attached hydrogen (secondary N) is 1. The first-order valence-corrected chi connectivity index (χ1v) is 7.75. The van der Waals surface area contributed by atoms with Crippen molar-refractivity contribution in [1.29, 1.82) is 0 Å². The van der Waals surface area contributed by atoms with Gasteiger partial charge < -0.3 is 5.32 Å². The van der Waals surface area contributed by atoms with E-state index in [1.165, 1.54) is 11.8 Å². The lowest BCUT2D eigenvalue weighted by Gasteiger charge is -2.16. The molecule has 0 saturated carbocycles. The number of nitrogens with zero attached hydrogens (tertiary/aromatic N) is 2. The molecule has 0 saturated heterocycles. The summed E-state index contributed by atoms with van der Waals surface area (Å²) in [5.41, 5.74) is 3.05. The highest BCUT2D eigenvalue weighted by Gasteiger charge is 2.17. The van der Waals surface area contributed by atoms with Gasteiger partial charge in [0.15, 0.2) is 0 Å². The molecule has 2 rings (SSSR count). The molecule has 1 aromatic carbocycles. The molecule has 1 N–H and O–H groups in total. The van der Waals surface area contributed by atoms with Gasteiger partial charge in [0.1, 0.15) is 5.69 Å². The second-order valence-electron chi connectivity index (χ2n) is 5.95. The van der Waals surface area contributed by atoms with Crippen molar-refractivity contribution in [3.05, 3.63) is 51.1 Å². The Morgan fingerprint density at radius 1 is 1.19 bits per heavy atom. The van der Waals surface area contributed by atoms with Crippen molar-refractivity contribution in [1.82, 2.24) is 9.97 Å². The van der Waals surface area contributed by atoms with Crippen LogP contribution in [0.2, 0.25) is 0 Å². The summed E-state index contributed by atoms with van der Waals surface area (Å²) in [6, 6.07) is 5.79. The summed E-state index contributed by atoms with van der Waals surface area (Å²) in [4.78, 5) is 20.7. The molecule has 0 spiro atoms. The minimum atomic E-state index is -0.248. The fraction of sp³-hybridized carbons (Fsp3) is 0.312. The number of hydrogen-bond acceptors (Lipinski definition) is 3. The largest absolute Gasteiger partial charge is 0.321 e. The molecule has 2 aromatic rings. The molecule has 0 aliphatic heterocycles. The lowest BCUT2D eigenvalue weighted by Crippen LogP contribution is -2.18. The Morgan fingerprint density at radius 2 is 1.90 bits per heavy atom. The van der Waals surface area contributed by atoms with Crippen LogP contribution in [0, 0.1) is 10.5 Å². The Labute approximate surface area is 138 Å². The minimum Gasteiger partial charge on any atom is -0.321 e. The Kier molecular flexibility index (Phi) is 4.61. The summed E-state index contributed by atoms with van der Waals surface area (Å²) in [6.07, 6.45) is 3.18. The first-order valence-electron chi connectivity index (χ1n) is 6.67. The summed E-state index contributed by atoms with van der Waals surface area (Å²) < 4.78 is 1.11. The van der Waals surface area contributed by atoms with Gasteiger partial charge in [0, 0.05) is 20.9 Å².